The zero-order chi connectivity index (χ0) is 18.1. The smallest absolute Gasteiger partial charge is 0.258 e. The number of carbonyl (C=O) groups is 1. The van der Waals surface area contributed by atoms with Gasteiger partial charge in [0.1, 0.15) is 11.9 Å². The van der Waals surface area contributed by atoms with Gasteiger partial charge in [0.2, 0.25) is 0 Å². The number of hydrogen-bond acceptors (Lipinski definition) is 3. The lowest BCUT2D eigenvalue weighted by molar-refractivity contribution is 0.00636. The molecule has 1 amide bonds. The van der Waals surface area contributed by atoms with Crippen LogP contribution in [0.3, 0.4) is 0 Å². The molecule has 1 aliphatic heterocycles. The molecular formula is C21H22BrNO3. The maximum Gasteiger partial charge on any atom is 0.258 e. The van der Waals surface area contributed by atoms with Crippen LogP contribution in [-0.4, -0.2) is 28.1 Å². The topological polar surface area (TPSA) is 49.8 Å². The van der Waals surface area contributed by atoms with E-state index in [1.165, 1.54) is 0 Å². The van der Waals surface area contributed by atoms with Crippen molar-refractivity contribution < 1.29 is 14.6 Å². The molecule has 4 rings (SSSR count). The minimum Gasteiger partial charge on any atom is -0.487 e. The van der Waals surface area contributed by atoms with E-state index in [4.69, 9.17) is 4.74 Å². The van der Waals surface area contributed by atoms with E-state index in [0.29, 0.717) is 24.4 Å². The van der Waals surface area contributed by atoms with Crippen LogP contribution in [0.15, 0.2) is 46.9 Å². The Kier molecular flexibility index (Phi) is 5.00. The van der Waals surface area contributed by atoms with Gasteiger partial charge in [-0.15, -0.1) is 0 Å². The lowest BCUT2D eigenvalue weighted by Crippen LogP contribution is -2.35. The fourth-order valence-electron chi connectivity index (χ4n) is 3.85. The zero-order valence-corrected chi connectivity index (χ0v) is 16.1. The Morgan fingerprint density at radius 2 is 1.96 bits per heavy atom. The van der Waals surface area contributed by atoms with Gasteiger partial charge in [0, 0.05) is 17.6 Å². The Hall–Kier alpha value is -1.85. The number of carbonyl (C=O) groups excluding carboxylic acids is 1. The van der Waals surface area contributed by atoms with E-state index < -0.39 is 6.10 Å². The summed E-state index contributed by atoms with van der Waals surface area (Å²) < 4.78 is 7.10. The van der Waals surface area contributed by atoms with Gasteiger partial charge >= 0.3 is 0 Å². The molecule has 2 aliphatic rings. The van der Waals surface area contributed by atoms with Gasteiger partial charge in [-0.2, -0.15) is 0 Å². The van der Waals surface area contributed by atoms with Crippen molar-refractivity contribution in [1.29, 1.82) is 0 Å². The van der Waals surface area contributed by atoms with Crippen LogP contribution in [0.1, 0.15) is 47.2 Å². The summed E-state index contributed by atoms with van der Waals surface area (Å²) in [6, 6.07) is 13.8. The van der Waals surface area contributed by atoms with Crippen molar-refractivity contribution in [2.45, 2.75) is 51.0 Å². The van der Waals surface area contributed by atoms with Crippen molar-refractivity contribution in [3.63, 3.8) is 0 Å². The van der Waals surface area contributed by atoms with Crippen LogP contribution in [0.4, 0.5) is 0 Å². The largest absolute Gasteiger partial charge is 0.487 e. The first-order valence-corrected chi connectivity index (χ1v) is 9.91. The third kappa shape index (κ3) is 3.51. The average molecular weight is 416 g/mol. The fraction of sp³-hybridized carbons (Fsp3) is 0.381. The third-order valence-electron chi connectivity index (χ3n) is 5.18. The summed E-state index contributed by atoms with van der Waals surface area (Å²) in [7, 11) is 0. The van der Waals surface area contributed by atoms with Crippen LogP contribution in [0.2, 0.25) is 0 Å². The number of nitrogens with zero attached hydrogens (tertiary/aromatic N) is 1. The first-order valence-electron chi connectivity index (χ1n) is 9.12. The highest BCUT2D eigenvalue weighted by molar-refractivity contribution is 9.10. The van der Waals surface area contributed by atoms with Crippen LogP contribution in [0.25, 0.3) is 0 Å². The second-order valence-corrected chi connectivity index (χ2v) is 8.01. The van der Waals surface area contributed by atoms with Gasteiger partial charge < -0.3 is 14.7 Å². The first-order chi connectivity index (χ1) is 12.6. The van der Waals surface area contributed by atoms with E-state index in [1.54, 1.807) is 0 Å². The van der Waals surface area contributed by atoms with E-state index in [2.05, 4.69) is 15.9 Å². The number of halogens is 1. The van der Waals surface area contributed by atoms with E-state index in [0.717, 1.165) is 41.3 Å². The summed E-state index contributed by atoms with van der Waals surface area (Å²) in [5.41, 5.74) is 2.73. The van der Waals surface area contributed by atoms with E-state index >= 15 is 0 Å². The molecule has 5 heteroatoms. The highest BCUT2D eigenvalue weighted by Gasteiger charge is 2.33. The molecule has 0 bridgehead atoms. The number of benzene rings is 2. The molecule has 1 fully saturated rings. The molecule has 0 spiro atoms. The molecule has 1 saturated carbocycles. The second kappa shape index (κ2) is 7.41. The normalized spacial score (nSPS) is 22.4. The molecule has 2 aromatic carbocycles. The predicted molar refractivity (Wildman–Crippen MR) is 103 cm³/mol. The number of amides is 1. The van der Waals surface area contributed by atoms with Gasteiger partial charge in [0.15, 0.2) is 0 Å². The fourth-order valence-corrected chi connectivity index (χ4v) is 4.29. The first kappa shape index (κ1) is 17.6. The summed E-state index contributed by atoms with van der Waals surface area (Å²) in [4.78, 5) is 14.8. The van der Waals surface area contributed by atoms with E-state index in [-0.39, 0.29) is 12.0 Å². The van der Waals surface area contributed by atoms with E-state index in [1.807, 2.05) is 47.4 Å². The Balaban J connectivity index is 1.54. The summed E-state index contributed by atoms with van der Waals surface area (Å²) in [6.07, 6.45) is 3.02. The Bertz CT molecular complexity index is 823. The van der Waals surface area contributed by atoms with Crippen LogP contribution in [0, 0.1) is 0 Å². The second-order valence-electron chi connectivity index (χ2n) is 7.09. The molecule has 1 N–H and O–H groups in total. The number of ether oxygens (including phenoxy) is 1. The molecule has 1 aliphatic carbocycles. The van der Waals surface area contributed by atoms with Crippen molar-refractivity contribution in [2.24, 2.45) is 0 Å². The molecule has 0 saturated heterocycles. The number of hydrogen-bond donors (Lipinski definition) is 1. The molecule has 136 valence electrons. The monoisotopic (exact) mass is 415 g/mol. The summed E-state index contributed by atoms with van der Waals surface area (Å²) in [5.74, 6) is 0.607. The number of rotatable bonds is 4. The van der Waals surface area contributed by atoms with Crippen molar-refractivity contribution in [1.82, 2.24) is 4.90 Å². The molecule has 0 unspecified atom stereocenters. The van der Waals surface area contributed by atoms with Gasteiger partial charge in [-0.1, -0.05) is 46.6 Å². The lowest BCUT2D eigenvalue weighted by Gasteiger charge is -2.28. The lowest BCUT2D eigenvalue weighted by atomic mass is 9.94. The van der Waals surface area contributed by atoms with Crippen LogP contribution in [0.5, 0.6) is 5.75 Å². The number of aliphatic hydroxyl groups excluding tert-OH is 1. The number of aliphatic hydroxyl groups is 1. The zero-order valence-electron chi connectivity index (χ0n) is 14.5. The highest BCUT2D eigenvalue weighted by atomic mass is 79.9. The van der Waals surface area contributed by atoms with Crippen molar-refractivity contribution in [2.75, 3.05) is 0 Å². The van der Waals surface area contributed by atoms with Gasteiger partial charge in [-0.25, -0.2) is 0 Å². The average Bonchev–Trinajstić information content (AvgIpc) is 2.94. The van der Waals surface area contributed by atoms with Gasteiger partial charge in [0.05, 0.1) is 11.7 Å². The third-order valence-corrected chi connectivity index (χ3v) is 5.68. The van der Waals surface area contributed by atoms with Crippen molar-refractivity contribution in [3.05, 3.63) is 63.6 Å². The molecule has 2 atom stereocenters. The van der Waals surface area contributed by atoms with Crippen molar-refractivity contribution >= 4 is 21.8 Å². The SMILES string of the molecule is O=C1c2c(cccc2O[C@@H]2CCCC[C@H]2O)CN1Cc1cccc(Br)c1. The van der Waals surface area contributed by atoms with E-state index in [9.17, 15) is 9.90 Å². The molecule has 1 heterocycles. The van der Waals surface area contributed by atoms with Crippen LogP contribution in [-0.2, 0) is 13.1 Å². The molecule has 2 aromatic rings. The Labute approximate surface area is 161 Å². The van der Waals surface area contributed by atoms with Crippen molar-refractivity contribution in [3.8, 4) is 5.75 Å². The molecule has 4 nitrogen and oxygen atoms in total. The van der Waals surface area contributed by atoms with Gasteiger partial charge in [-0.3, -0.25) is 4.79 Å². The standard InChI is InChI=1S/C21H22BrNO3/c22-16-7-3-5-14(11-16)12-23-13-15-6-4-10-19(20(15)21(23)25)26-18-9-2-1-8-17(18)24/h3-7,10-11,17-18,24H,1-2,8-9,12-13H2/t17-,18-/m1/s1. The summed E-state index contributed by atoms with van der Waals surface area (Å²) >= 11 is 3.48. The minimum absolute atomic E-state index is 0.000810. The predicted octanol–water partition coefficient (Wildman–Crippen LogP) is 4.29. The number of fused-ring (bicyclic) bond motifs is 1. The molecular weight excluding hydrogens is 394 g/mol. The van der Waals surface area contributed by atoms with Crippen LogP contribution < -0.4 is 4.74 Å². The molecule has 0 aromatic heterocycles. The van der Waals surface area contributed by atoms with Crippen LogP contribution >= 0.6 is 15.9 Å². The summed E-state index contributed by atoms with van der Waals surface area (Å²) in [6.45, 7) is 1.16. The quantitative estimate of drug-likeness (QED) is 0.809. The molecule has 26 heavy (non-hydrogen) atoms. The highest BCUT2D eigenvalue weighted by Crippen LogP contribution is 2.34. The summed E-state index contributed by atoms with van der Waals surface area (Å²) in [5, 5.41) is 10.2. The maximum atomic E-state index is 13.0. The van der Waals surface area contributed by atoms with Gasteiger partial charge in [0.25, 0.3) is 5.91 Å². The Morgan fingerprint density at radius 3 is 2.77 bits per heavy atom. The Morgan fingerprint density at radius 1 is 1.15 bits per heavy atom. The maximum absolute atomic E-state index is 13.0. The molecule has 0 radical (unpaired) electrons. The minimum atomic E-state index is -0.450. The van der Waals surface area contributed by atoms with Gasteiger partial charge in [-0.05, 0) is 48.6 Å².